The maximum atomic E-state index is 13.1. The number of halogens is 1. The van der Waals surface area contributed by atoms with Crippen LogP contribution in [-0.4, -0.2) is 53.2 Å². The summed E-state index contributed by atoms with van der Waals surface area (Å²) in [4.78, 5) is 24.9. The standard InChI is InChI=1S/C22H29FN4O3/c1-22(2,3)30-21(28)26(4)14-16-6-5-13-27(15-16)20-24-12-11-19(25-20)29-18-9-7-17(23)8-10-18/h7-12,16H,5-6,13-15H2,1-4H3. The summed E-state index contributed by atoms with van der Waals surface area (Å²) in [6.45, 7) is 7.77. The highest BCUT2D eigenvalue weighted by Gasteiger charge is 2.26. The van der Waals surface area contributed by atoms with Gasteiger partial charge in [0.2, 0.25) is 11.8 Å². The molecule has 1 aromatic heterocycles. The van der Waals surface area contributed by atoms with E-state index in [2.05, 4.69) is 14.9 Å². The summed E-state index contributed by atoms with van der Waals surface area (Å²) < 4.78 is 24.2. The van der Waals surface area contributed by atoms with Crippen molar-refractivity contribution in [3.63, 3.8) is 0 Å². The molecule has 1 amide bonds. The summed E-state index contributed by atoms with van der Waals surface area (Å²) in [7, 11) is 1.76. The van der Waals surface area contributed by atoms with Gasteiger partial charge >= 0.3 is 6.09 Å². The van der Waals surface area contributed by atoms with Crippen molar-refractivity contribution < 1.29 is 18.7 Å². The number of piperidine rings is 1. The van der Waals surface area contributed by atoms with Crippen LogP contribution >= 0.6 is 0 Å². The fraction of sp³-hybridized carbons (Fsp3) is 0.500. The predicted molar refractivity (Wildman–Crippen MR) is 112 cm³/mol. The molecule has 7 nitrogen and oxygen atoms in total. The van der Waals surface area contributed by atoms with Crippen LogP contribution in [0.4, 0.5) is 15.1 Å². The SMILES string of the molecule is CN(CC1CCCN(c2nccc(Oc3ccc(F)cc3)n2)C1)C(=O)OC(C)(C)C. The molecule has 0 N–H and O–H groups in total. The highest BCUT2D eigenvalue weighted by molar-refractivity contribution is 5.67. The first-order chi connectivity index (χ1) is 14.2. The molecule has 1 atom stereocenters. The topological polar surface area (TPSA) is 67.8 Å². The van der Waals surface area contributed by atoms with Gasteiger partial charge in [-0.1, -0.05) is 0 Å². The Bertz CT molecular complexity index is 854. The van der Waals surface area contributed by atoms with Gasteiger partial charge in [0.15, 0.2) is 0 Å². The molecule has 0 bridgehead atoms. The van der Waals surface area contributed by atoms with Gasteiger partial charge in [0, 0.05) is 38.9 Å². The zero-order valence-corrected chi connectivity index (χ0v) is 18.0. The average Bonchev–Trinajstić information content (AvgIpc) is 2.69. The van der Waals surface area contributed by atoms with E-state index < -0.39 is 5.60 Å². The van der Waals surface area contributed by atoms with Crippen LogP contribution in [0.15, 0.2) is 36.5 Å². The summed E-state index contributed by atoms with van der Waals surface area (Å²) in [5, 5.41) is 0. The third kappa shape index (κ3) is 6.30. The molecule has 3 rings (SSSR count). The van der Waals surface area contributed by atoms with E-state index in [1.165, 1.54) is 12.1 Å². The number of nitrogens with zero attached hydrogens (tertiary/aromatic N) is 4. The Morgan fingerprint density at radius 2 is 2.00 bits per heavy atom. The predicted octanol–water partition coefficient (Wildman–Crippen LogP) is 4.49. The number of hydrogen-bond donors (Lipinski definition) is 0. The number of rotatable bonds is 5. The first kappa shape index (κ1) is 21.8. The van der Waals surface area contributed by atoms with Gasteiger partial charge in [-0.2, -0.15) is 4.98 Å². The molecular weight excluding hydrogens is 387 g/mol. The van der Waals surface area contributed by atoms with Gasteiger partial charge in [0.25, 0.3) is 0 Å². The second kappa shape index (κ2) is 9.28. The van der Waals surface area contributed by atoms with Crippen LogP contribution in [0.5, 0.6) is 11.6 Å². The molecular formula is C22H29FN4O3. The molecule has 1 aliphatic heterocycles. The number of benzene rings is 1. The number of hydrogen-bond acceptors (Lipinski definition) is 6. The van der Waals surface area contributed by atoms with Crippen LogP contribution in [0.3, 0.4) is 0 Å². The fourth-order valence-electron chi connectivity index (χ4n) is 3.36. The van der Waals surface area contributed by atoms with Crippen LogP contribution in [0, 0.1) is 11.7 Å². The molecule has 1 saturated heterocycles. The monoisotopic (exact) mass is 416 g/mol. The Hall–Kier alpha value is -2.90. The molecule has 0 radical (unpaired) electrons. The van der Waals surface area contributed by atoms with E-state index in [1.807, 2.05) is 20.8 Å². The molecule has 1 unspecified atom stereocenters. The minimum Gasteiger partial charge on any atom is -0.444 e. The molecule has 30 heavy (non-hydrogen) atoms. The zero-order valence-electron chi connectivity index (χ0n) is 18.0. The molecule has 0 aliphatic carbocycles. The number of carbonyl (C=O) groups excluding carboxylic acids is 1. The number of amides is 1. The van der Waals surface area contributed by atoms with Crippen molar-refractivity contribution in [1.29, 1.82) is 0 Å². The van der Waals surface area contributed by atoms with E-state index in [-0.39, 0.29) is 11.9 Å². The molecule has 0 spiro atoms. The van der Waals surface area contributed by atoms with Crippen molar-refractivity contribution in [3.8, 4) is 11.6 Å². The van der Waals surface area contributed by atoms with Gasteiger partial charge in [0.05, 0.1) is 0 Å². The van der Waals surface area contributed by atoms with E-state index in [0.29, 0.717) is 30.0 Å². The summed E-state index contributed by atoms with van der Waals surface area (Å²) in [6.07, 6.45) is 3.34. The summed E-state index contributed by atoms with van der Waals surface area (Å²) in [5.74, 6) is 1.47. The minimum atomic E-state index is -0.511. The van der Waals surface area contributed by atoms with Crippen molar-refractivity contribution in [2.75, 3.05) is 31.6 Å². The quantitative estimate of drug-likeness (QED) is 0.715. The maximum Gasteiger partial charge on any atom is 0.410 e. The van der Waals surface area contributed by atoms with Crippen LogP contribution in [-0.2, 0) is 4.74 Å². The van der Waals surface area contributed by atoms with Crippen LogP contribution in [0.2, 0.25) is 0 Å². The Morgan fingerprint density at radius 1 is 1.27 bits per heavy atom. The lowest BCUT2D eigenvalue weighted by atomic mass is 9.98. The molecule has 1 aromatic carbocycles. The number of anilines is 1. The molecule has 8 heteroatoms. The molecule has 1 fully saturated rings. The van der Waals surface area contributed by atoms with E-state index >= 15 is 0 Å². The lowest BCUT2D eigenvalue weighted by Gasteiger charge is -2.35. The molecule has 2 aromatic rings. The van der Waals surface area contributed by atoms with Gasteiger partial charge in [0.1, 0.15) is 17.2 Å². The number of ether oxygens (including phenoxy) is 2. The zero-order chi connectivity index (χ0) is 21.7. The van der Waals surface area contributed by atoms with Gasteiger partial charge < -0.3 is 19.3 Å². The van der Waals surface area contributed by atoms with Crippen LogP contribution in [0.1, 0.15) is 33.6 Å². The first-order valence-electron chi connectivity index (χ1n) is 10.1. The Morgan fingerprint density at radius 3 is 2.70 bits per heavy atom. The Balaban J connectivity index is 1.61. The minimum absolute atomic E-state index is 0.293. The molecule has 2 heterocycles. The van der Waals surface area contributed by atoms with E-state index in [0.717, 1.165) is 25.9 Å². The third-order valence-electron chi connectivity index (χ3n) is 4.69. The molecule has 162 valence electrons. The molecule has 0 saturated carbocycles. The normalized spacial score (nSPS) is 16.8. The lowest BCUT2D eigenvalue weighted by molar-refractivity contribution is 0.0269. The van der Waals surface area contributed by atoms with Gasteiger partial charge in [-0.15, -0.1) is 0 Å². The third-order valence-corrected chi connectivity index (χ3v) is 4.69. The number of carbonyl (C=O) groups is 1. The van der Waals surface area contributed by atoms with Crippen LogP contribution in [0.25, 0.3) is 0 Å². The van der Waals surface area contributed by atoms with E-state index in [4.69, 9.17) is 9.47 Å². The van der Waals surface area contributed by atoms with Crippen molar-refractivity contribution in [2.24, 2.45) is 5.92 Å². The number of aromatic nitrogens is 2. The van der Waals surface area contributed by atoms with E-state index in [9.17, 15) is 9.18 Å². The average molecular weight is 416 g/mol. The largest absolute Gasteiger partial charge is 0.444 e. The van der Waals surface area contributed by atoms with Gasteiger partial charge in [-0.05, 0) is 63.8 Å². The Kier molecular flexibility index (Phi) is 6.74. The second-order valence-corrected chi connectivity index (χ2v) is 8.57. The second-order valence-electron chi connectivity index (χ2n) is 8.57. The summed E-state index contributed by atoms with van der Waals surface area (Å²) >= 11 is 0. The van der Waals surface area contributed by atoms with Crippen molar-refractivity contribution in [1.82, 2.24) is 14.9 Å². The summed E-state index contributed by atoms with van der Waals surface area (Å²) in [6, 6.07) is 7.47. The van der Waals surface area contributed by atoms with Crippen molar-refractivity contribution >= 4 is 12.0 Å². The van der Waals surface area contributed by atoms with Gasteiger partial charge in [-0.25, -0.2) is 14.2 Å². The fourth-order valence-corrected chi connectivity index (χ4v) is 3.36. The van der Waals surface area contributed by atoms with Gasteiger partial charge in [-0.3, -0.25) is 0 Å². The Labute approximate surface area is 176 Å². The lowest BCUT2D eigenvalue weighted by Crippen LogP contribution is -2.43. The van der Waals surface area contributed by atoms with E-state index in [1.54, 1.807) is 36.3 Å². The maximum absolute atomic E-state index is 13.1. The van der Waals surface area contributed by atoms with Crippen molar-refractivity contribution in [2.45, 2.75) is 39.2 Å². The first-order valence-corrected chi connectivity index (χ1v) is 10.1. The smallest absolute Gasteiger partial charge is 0.410 e. The highest BCUT2D eigenvalue weighted by Crippen LogP contribution is 2.25. The molecule has 1 aliphatic rings. The summed E-state index contributed by atoms with van der Waals surface area (Å²) in [5.41, 5.74) is -0.511. The van der Waals surface area contributed by atoms with Crippen LogP contribution < -0.4 is 9.64 Å². The van der Waals surface area contributed by atoms with Crippen molar-refractivity contribution in [3.05, 3.63) is 42.3 Å². The highest BCUT2D eigenvalue weighted by atomic mass is 19.1.